The van der Waals surface area contributed by atoms with Crippen LogP contribution in [-0.2, 0) is 10.2 Å². The van der Waals surface area contributed by atoms with Crippen molar-refractivity contribution in [1.29, 1.82) is 0 Å². The molecule has 0 saturated carbocycles. The van der Waals surface area contributed by atoms with Crippen LogP contribution in [0, 0.1) is 0 Å². The first kappa shape index (κ1) is 10.9. The predicted octanol–water partition coefficient (Wildman–Crippen LogP) is -0.436. The van der Waals surface area contributed by atoms with Gasteiger partial charge in [0, 0.05) is 20.6 Å². The largest absolute Gasteiger partial charge is 0.315 e. The molecule has 0 bridgehead atoms. The van der Waals surface area contributed by atoms with Gasteiger partial charge >= 0.3 is 0 Å². The summed E-state index contributed by atoms with van der Waals surface area (Å²) in [6, 6.07) is 0. The van der Waals surface area contributed by atoms with E-state index in [0.29, 0.717) is 6.54 Å². The zero-order valence-electron chi connectivity index (χ0n) is 8.10. The summed E-state index contributed by atoms with van der Waals surface area (Å²) in [7, 11) is -0.259. The van der Waals surface area contributed by atoms with E-state index in [4.69, 9.17) is 5.73 Å². The van der Waals surface area contributed by atoms with Crippen molar-refractivity contribution in [3.63, 3.8) is 0 Å². The molecule has 1 saturated heterocycles. The number of hydrogen-bond acceptors (Lipinski definition) is 3. The van der Waals surface area contributed by atoms with Gasteiger partial charge in [-0.15, -0.1) is 0 Å². The summed E-state index contributed by atoms with van der Waals surface area (Å²) in [5.41, 5.74) is 5.72. The van der Waals surface area contributed by atoms with Gasteiger partial charge in [0.15, 0.2) is 0 Å². The van der Waals surface area contributed by atoms with Crippen LogP contribution in [0.3, 0.4) is 0 Å². The van der Waals surface area contributed by atoms with Crippen LogP contribution in [0.2, 0.25) is 0 Å². The van der Waals surface area contributed by atoms with Gasteiger partial charge in [-0.3, -0.25) is 0 Å². The van der Waals surface area contributed by atoms with Crippen molar-refractivity contribution in [2.45, 2.75) is 25.4 Å². The highest BCUT2D eigenvalue weighted by atomic mass is 32.2. The van der Waals surface area contributed by atoms with Gasteiger partial charge in [0.1, 0.15) is 0 Å². The topological polar surface area (TPSA) is 66.6 Å². The average Bonchev–Trinajstić information content (AvgIpc) is 2.04. The van der Waals surface area contributed by atoms with Crippen molar-refractivity contribution in [3.8, 4) is 0 Å². The molecule has 0 radical (unpaired) electrons. The van der Waals surface area contributed by atoms with E-state index in [1.807, 2.05) is 0 Å². The maximum atomic E-state index is 11.7. The molecule has 0 aliphatic carbocycles. The average molecular weight is 207 g/mol. The molecule has 6 heteroatoms. The van der Waals surface area contributed by atoms with E-state index in [1.54, 1.807) is 0 Å². The van der Waals surface area contributed by atoms with Crippen molar-refractivity contribution in [2.75, 3.05) is 20.6 Å². The van der Waals surface area contributed by atoms with Gasteiger partial charge in [-0.2, -0.15) is 17.0 Å². The summed E-state index contributed by atoms with van der Waals surface area (Å²) in [6.45, 7) is 0.543. The molecule has 1 aliphatic heterocycles. The normalized spacial score (nSPS) is 26.6. The van der Waals surface area contributed by atoms with Gasteiger partial charge in [-0.1, -0.05) is 0 Å². The summed E-state index contributed by atoms with van der Waals surface area (Å²) in [5, 5.41) is 0. The van der Waals surface area contributed by atoms with E-state index in [-0.39, 0.29) is 6.17 Å². The van der Waals surface area contributed by atoms with E-state index < -0.39 is 10.2 Å². The molecule has 0 amide bonds. The summed E-state index contributed by atoms with van der Waals surface area (Å²) in [6.07, 6.45) is 2.33. The molecule has 1 aliphatic rings. The molecule has 0 aromatic carbocycles. The van der Waals surface area contributed by atoms with E-state index >= 15 is 0 Å². The first-order valence-corrected chi connectivity index (χ1v) is 5.81. The summed E-state index contributed by atoms with van der Waals surface area (Å²) >= 11 is 0. The lowest BCUT2D eigenvalue weighted by Gasteiger charge is -2.33. The van der Waals surface area contributed by atoms with Gasteiger partial charge in [0.2, 0.25) is 0 Å². The van der Waals surface area contributed by atoms with Crippen LogP contribution in [0.5, 0.6) is 0 Å². The first-order chi connectivity index (χ1) is 5.96. The number of hydrogen-bond donors (Lipinski definition) is 1. The lowest BCUT2D eigenvalue weighted by molar-refractivity contribution is 0.245. The van der Waals surface area contributed by atoms with Gasteiger partial charge in [-0.25, -0.2) is 0 Å². The summed E-state index contributed by atoms with van der Waals surface area (Å²) < 4.78 is 25.9. The van der Waals surface area contributed by atoms with Crippen LogP contribution in [-0.4, -0.2) is 43.8 Å². The third-order valence-electron chi connectivity index (χ3n) is 2.26. The van der Waals surface area contributed by atoms with Crippen LogP contribution in [0.15, 0.2) is 0 Å². The minimum absolute atomic E-state index is 0.346. The van der Waals surface area contributed by atoms with Gasteiger partial charge in [-0.05, 0) is 19.3 Å². The van der Waals surface area contributed by atoms with Crippen molar-refractivity contribution in [1.82, 2.24) is 8.61 Å². The minimum atomic E-state index is -3.31. The van der Waals surface area contributed by atoms with Gasteiger partial charge in [0.25, 0.3) is 10.2 Å². The fraction of sp³-hybridized carbons (Fsp3) is 1.00. The molecule has 1 fully saturated rings. The molecule has 1 atom stereocenters. The zero-order valence-corrected chi connectivity index (χ0v) is 8.92. The lowest BCUT2D eigenvalue weighted by Crippen LogP contribution is -2.52. The Kier molecular flexibility index (Phi) is 3.28. The fourth-order valence-corrected chi connectivity index (χ4v) is 2.65. The summed E-state index contributed by atoms with van der Waals surface area (Å²) in [4.78, 5) is 0. The number of nitrogens with zero attached hydrogens (tertiary/aromatic N) is 2. The Morgan fingerprint density at radius 1 is 1.38 bits per heavy atom. The minimum Gasteiger partial charge on any atom is -0.315 e. The predicted molar refractivity (Wildman–Crippen MR) is 51.1 cm³/mol. The second kappa shape index (κ2) is 3.91. The molecular weight excluding hydrogens is 190 g/mol. The maximum Gasteiger partial charge on any atom is 0.282 e. The molecule has 13 heavy (non-hydrogen) atoms. The Bertz CT molecular complexity index is 263. The second-order valence-electron chi connectivity index (χ2n) is 3.46. The monoisotopic (exact) mass is 207 g/mol. The molecule has 2 N–H and O–H groups in total. The fourth-order valence-electron chi connectivity index (χ4n) is 1.43. The summed E-state index contributed by atoms with van der Waals surface area (Å²) in [5.74, 6) is 0. The molecular formula is C7H17N3O2S. The highest BCUT2D eigenvalue weighted by molar-refractivity contribution is 7.86. The third-order valence-corrected chi connectivity index (χ3v) is 4.23. The Hall–Kier alpha value is -0.170. The van der Waals surface area contributed by atoms with E-state index in [9.17, 15) is 8.42 Å². The maximum absolute atomic E-state index is 11.7. The van der Waals surface area contributed by atoms with Crippen molar-refractivity contribution < 1.29 is 8.42 Å². The van der Waals surface area contributed by atoms with Gasteiger partial charge < -0.3 is 5.73 Å². The smallest absolute Gasteiger partial charge is 0.282 e. The van der Waals surface area contributed by atoms with Gasteiger partial charge in [0.05, 0.1) is 6.17 Å². The Morgan fingerprint density at radius 2 is 2.00 bits per heavy atom. The van der Waals surface area contributed by atoms with Crippen LogP contribution >= 0.6 is 0 Å². The Labute approximate surface area is 79.7 Å². The highest BCUT2D eigenvalue weighted by Crippen LogP contribution is 2.17. The number of nitrogens with two attached hydrogens (primary N) is 1. The van der Waals surface area contributed by atoms with Crippen molar-refractivity contribution in [2.24, 2.45) is 5.73 Å². The van der Waals surface area contributed by atoms with Crippen molar-refractivity contribution in [3.05, 3.63) is 0 Å². The third kappa shape index (κ3) is 2.19. The van der Waals surface area contributed by atoms with Crippen LogP contribution in [0.25, 0.3) is 0 Å². The van der Waals surface area contributed by atoms with E-state index in [0.717, 1.165) is 19.3 Å². The van der Waals surface area contributed by atoms with E-state index in [1.165, 1.54) is 22.7 Å². The van der Waals surface area contributed by atoms with Crippen LogP contribution < -0.4 is 5.73 Å². The first-order valence-electron chi connectivity index (χ1n) is 4.41. The van der Waals surface area contributed by atoms with Crippen LogP contribution in [0.1, 0.15) is 19.3 Å². The number of piperidine rings is 1. The second-order valence-corrected chi connectivity index (χ2v) is 5.56. The molecule has 1 rings (SSSR count). The lowest BCUT2D eigenvalue weighted by atomic mass is 10.1. The molecule has 0 aromatic rings. The molecule has 1 unspecified atom stereocenters. The highest BCUT2D eigenvalue weighted by Gasteiger charge is 2.31. The van der Waals surface area contributed by atoms with Crippen molar-refractivity contribution >= 4 is 10.2 Å². The zero-order chi connectivity index (χ0) is 10.1. The Morgan fingerprint density at radius 3 is 2.46 bits per heavy atom. The Balaban J connectivity index is 2.80. The number of rotatable bonds is 2. The molecule has 0 aromatic heterocycles. The molecule has 1 heterocycles. The van der Waals surface area contributed by atoms with Crippen LogP contribution in [0.4, 0.5) is 0 Å². The quantitative estimate of drug-likeness (QED) is 0.668. The standard InChI is InChI=1S/C7H17N3O2S/c1-9(2)13(11,12)10-6-4-3-5-7(10)8/h7H,3-6,8H2,1-2H3. The molecule has 5 nitrogen and oxygen atoms in total. The molecule has 0 spiro atoms. The molecule has 78 valence electrons. The SMILES string of the molecule is CN(C)S(=O)(=O)N1CCCCC1N. The van der Waals surface area contributed by atoms with E-state index in [2.05, 4.69) is 0 Å².